The van der Waals surface area contributed by atoms with Crippen molar-refractivity contribution >= 4 is 43.2 Å². The van der Waals surface area contributed by atoms with Crippen LogP contribution in [0.4, 0.5) is 11.4 Å². The first-order chi connectivity index (χ1) is 6.54. The summed E-state index contributed by atoms with van der Waals surface area (Å²) in [6.45, 7) is 17.9. The molecule has 0 heterocycles. The zero-order valence-corrected chi connectivity index (χ0v) is 10.8. The minimum absolute atomic E-state index is 0.384. The van der Waals surface area contributed by atoms with Crippen LogP contribution in [0.25, 0.3) is 9.69 Å². The van der Waals surface area contributed by atoms with Crippen molar-refractivity contribution in [3.05, 3.63) is 42.9 Å². The highest BCUT2D eigenvalue weighted by Gasteiger charge is 2.16. The third-order valence-electron chi connectivity index (χ3n) is 2.08. The molecule has 2 nitrogen and oxygen atoms in total. The highest BCUT2D eigenvalue weighted by Crippen LogP contribution is 2.45. The van der Waals surface area contributed by atoms with Crippen molar-refractivity contribution in [3.8, 4) is 0 Å². The number of nitrogens with zero attached hydrogens (tertiary/aromatic N) is 2. The van der Waals surface area contributed by atoms with E-state index in [0.29, 0.717) is 11.4 Å². The Morgan fingerprint density at radius 2 is 1.14 bits per heavy atom. The zero-order valence-electron chi connectivity index (χ0n) is 7.65. The molecule has 0 bridgehead atoms. The minimum Gasteiger partial charge on any atom is -0.249 e. The molecule has 1 aromatic carbocycles. The monoisotopic (exact) mass is 312 g/mol. The van der Waals surface area contributed by atoms with Crippen molar-refractivity contribution < 1.29 is 0 Å². The van der Waals surface area contributed by atoms with E-state index in [1.807, 2.05) is 13.8 Å². The fourth-order valence-corrected chi connectivity index (χ4v) is 2.24. The van der Waals surface area contributed by atoms with Gasteiger partial charge >= 0.3 is 0 Å². The van der Waals surface area contributed by atoms with Crippen LogP contribution < -0.4 is 0 Å². The summed E-state index contributed by atoms with van der Waals surface area (Å²) in [5.41, 5.74) is 2.76. The van der Waals surface area contributed by atoms with Gasteiger partial charge in [-0.2, -0.15) is 0 Å². The van der Waals surface area contributed by atoms with E-state index in [1.165, 1.54) is 0 Å². The Hall–Kier alpha value is -0.840. The summed E-state index contributed by atoms with van der Waals surface area (Å²) < 4.78 is 1.44. The van der Waals surface area contributed by atoms with Crippen LogP contribution in [0, 0.1) is 27.0 Å². The van der Waals surface area contributed by atoms with Crippen LogP contribution >= 0.6 is 31.9 Å². The third-order valence-corrected chi connectivity index (χ3v) is 4.03. The highest BCUT2D eigenvalue weighted by molar-refractivity contribution is 9.11. The summed E-state index contributed by atoms with van der Waals surface area (Å²) >= 11 is 6.68. The van der Waals surface area contributed by atoms with Gasteiger partial charge in [0.05, 0.1) is 13.1 Å². The lowest BCUT2D eigenvalue weighted by atomic mass is 10.1. The lowest BCUT2D eigenvalue weighted by Gasteiger charge is -2.10. The molecule has 70 valence electrons. The Bertz CT molecular complexity index is 434. The molecule has 0 aliphatic heterocycles. The summed E-state index contributed by atoms with van der Waals surface area (Å²) in [6, 6.07) is 0. The SMILES string of the molecule is [C-]#[N+]c1c(Br)c(C)c(C)c(Br)c1[N+]#[C-]. The Labute approximate surface area is 99.8 Å². The topological polar surface area (TPSA) is 8.72 Å². The average molecular weight is 314 g/mol. The highest BCUT2D eigenvalue weighted by atomic mass is 79.9. The number of halogens is 2. The molecule has 0 spiro atoms. The van der Waals surface area contributed by atoms with E-state index >= 15 is 0 Å². The molecule has 0 N–H and O–H groups in total. The van der Waals surface area contributed by atoms with E-state index in [2.05, 4.69) is 41.5 Å². The number of hydrogen-bond donors (Lipinski definition) is 0. The van der Waals surface area contributed by atoms with Gasteiger partial charge in [-0.05, 0) is 25.0 Å². The van der Waals surface area contributed by atoms with Gasteiger partial charge in [-0.15, -0.1) is 0 Å². The predicted molar refractivity (Wildman–Crippen MR) is 63.8 cm³/mol. The van der Waals surface area contributed by atoms with Gasteiger partial charge in [0.25, 0.3) is 0 Å². The summed E-state index contributed by atoms with van der Waals surface area (Å²) in [7, 11) is 0. The molecule has 0 saturated carbocycles. The van der Waals surface area contributed by atoms with Crippen LogP contribution in [-0.2, 0) is 0 Å². The van der Waals surface area contributed by atoms with Crippen LogP contribution in [0.3, 0.4) is 0 Å². The lowest BCUT2D eigenvalue weighted by Crippen LogP contribution is -1.85. The Kier molecular flexibility index (Phi) is 3.31. The van der Waals surface area contributed by atoms with Gasteiger partial charge in [0.15, 0.2) is 0 Å². The van der Waals surface area contributed by atoms with Crippen molar-refractivity contribution in [1.29, 1.82) is 0 Å². The molecule has 0 saturated heterocycles. The van der Waals surface area contributed by atoms with Crippen LogP contribution in [0.15, 0.2) is 8.95 Å². The second-order valence-electron chi connectivity index (χ2n) is 2.80. The molecule has 0 atom stereocenters. The molecule has 0 unspecified atom stereocenters. The molecule has 4 heteroatoms. The Morgan fingerprint density at radius 1 is 0.857 bits per heavy atom. The lowest BCUT2D eigenvalue weighted by molar-refractivity contribution is 1.31. The fraction of sp³-hybridized carbons (Fsp3) is 0.200. The molecule has 1 aromatic rings. The van der Waals surface area contributed by atoms with E-state index in [0.717, 1.165) is 20.1 Å². The number of rotatable bonds is 0. The van der Waals surface area contributed by atoms with Crippen LogP contribution in [0.5, 0.6) is 0 Å². The second kappa shape index (κ2) is 4.13. The molecule has 1 rings (SSSR count). The predicted octanol–water partition coefficient (Wildman–Crippen LogP) is 4.93. The molecule has 0 aliphatic carbocycles. The number of benzene rings is 1. The van der Waals surface area contributed by atoms with Gasteiger partial charge in [-0.3, -0.25) is 0 Å². The maximum absolute atomic E-state index is 7.02. The zero-order chi connectivity index (χ0) is 10.9. The molecule has 0 amide bonds. The molecule has 0 fully saturated rings. The molecular weight excluding hydrogens is 308 g/mol. The van der Waals surface area contributed by atoms with E-state index in [-0.39, 0.29) is 0 Å². The molecule has 14 heavy (non-hydrogen) atoms. The standard InChI is InChI=1S/C10H6Br2N2/c1-5-6(2)8(12)10(14-4)9(13-3)7(5)11/h1-2H3. The summed E-state index contributed by atoms with van der Waals surface area (Å²) in [4.78, 5) is 6.73. The van der Waals surface area contributed by atoms with Crippen molar-refractivity contribution in [2.75, 3.05) is 0 Å². The van der Waals surface area contributed by atoms with E-state index < -0.39 is 0 Å². The fourth-order valence-electron chi connectivity index (χ4n) is 1.10. The summed E-state index contributed by atoms with van der Waals surface area (Å²) in [6.07, 6.45) is 0. The Morgan fingerprint density at radius 3 is 1.36 bits per heavy atom. The number of hydrogen-bond acceptors (Lipinski definition) is 0. The van der Waals surface area contributed by atoms with Gasteiger partial charge in [-0.1, -0.05) is 31.9 Å². The van der Waals surface area contributed by atoms with E-state index in [9.17, 15) is 0 Å². The van der Waals surface area contributed by atoms with Gasteiger partial charge in [0.1, 0.15) is 0 Å². The van der Waals surface area contributed by atoms with Crippen molar-refractivity contribution in [3.63, 3.8) is 0 Å². The summed E-state index contributed by atoms with van der Waals surface area (Å²) in [5.74, 6) is 0. The molecule has 0 aromatic heterocycles. The van der Waals surface area contributed by atoms with Crippen LogP contribution in [0.1, 0.15) is 11.1 Å². The minimum atomic E-state index is 0.384. The first-order valence-corrected chi connectivity index (χ1v) is 5.36. The van der Waals surface area contributed by atoms with Gasteiger partial charge in [0.2, 0.25) is 11.4 Å². The van der Waals surface area contributed by atoms with Crippen molar-refractivity contribution in [2.45, 2.75) is 13.8 Å². The van der Waals surface area contributed by atoms with Crippen molar-refractivity contribution in [2.24, 2.45) is 0 Å². The quantitative estimate of drug-likeness (QED) is 0.600. The first kappa shape index (κ1) is 11.2. The van der Waals surface area contributed by atoms with Crippen LogP contribution in [0.2, 0.25) is 0 Å². The van der Waals surface area contributed by atoms with Gasteiger partial charge in [-0.25, -0.2) is 9.69 Å². The molecule has 0 radical (unpaired) electrons. The van der Waals surface area contributed by atoms with Gasteiger partial charge < -0.3 is 0 Å². The maximum Gasteiger partial charge on any atom is 0.209 e. The Balaban J connectivity index is 3.79. The van der Waals surface area contributed by atoms with Crippen molar-refractivity contribution in [1.82, 2.24) is 0 Å². The molecule has 0 aliphatic rings. The first-order valence-electron chi connectivity index (χ1n) is 3.77. The normalized spacial score (nSPS) is 9.29. The van der Waals surface area contributed by atoms with Gasteiger partial charge in [0, 0.05) is 8.95 Å². The summed E-state index contributed by atoms with van der Waals surface area (Å²) in [5, 5.41) is 0. The maximum atomic E-state index is 7.02. The van der Waals surface area contributed by atoms with E-state index in [4.69, 9.17) is 13.1 Å². The van der Waals surface area contributed by atoms with Crippen LogP contribution in [-0.4, -0.2) is 0 Å². The molecular formula is C10H6Br2N2. The van der Waals surface area contributed by atoms with E-state index in [1.54, 1.807) is 0 Å². The smallest absolute Gasteiger partial charge is 0.209 e. The third kappa shape index (κ3) is 1.56. The second-order valence-corrected chi connectivity index (χ2v) is 4.38. The largest absolute Gasteiger partial charge is 0.249 e. The average Bonchev–Trinajstić information content (AvgIpc) is 2.20.